The van der Waals surface area contributed by atoms with E-state index in [0.717, 1.165) is 19.3 Å². The SMILES string of the molecule is CCCCCCCCC(Br)C(=O)O.[H-].[Na+]. The Morgan fingerprint density at radius 1 is 1.29 bits per heavy atom. The smallest absolute Gasteiger partial charge is 1.00 e. The van der Waals surface area contributed by atoms with Gasteiger partial charge in [0, 0.05) is 0 Å². The van der Waals surface area contributed by atoms with Gasteiger partial charge in [-0.15, -0.1) is 0 Å². The summed E-state index contributed by atoms with van der Waals surface area (Å²) in [6, 6.07) is 0. The van der Waals surface area contributed by atoms with E-state index in [4.69, 9.17) is 5.11 Å². The van der Waals surface area contributed by atoms with E-state index in [9.17, 15) is 4.79 Å². The van der Waals surface area contributed by atoms with Gasteiger partial charge < -0.3 is 6.53 Å². The minimum absolute atomic E-state index is 0. The van der Waals surface area contributed by atoms with Crippen LogP contribution in [0.5, 0.6) is 0 Å². The first-order valence-corrected chi connectivity index (χ1v) is 5.97. The molecule has 2 nitrogen and oxygen atoms in total. The summed E-state index contributed by atoms with van der Waals surface area (Å²) in [6.07, 6.45) is 8.03. The second kappa shape index (κ2) is 12.0. The van der Waals surface area contributed by atoms with Crippen LogP contribution in [0.3, 0.4) is 0 Å². The van der Waals surface area contributed by atoms with Crippen LogP contribution in [-0.4, -0.2) is 15.9 Å². The number of hydrogen-bond donors (Lipinski definition) is 1. The molecule has 80 valence electrons. The number of carboxylic acids is 1. The molecule has 1 unspecified atom stereocenters. The Kier molecular flexibility index (Phi) is 14.9. The molecule has 14 heavy (non-hydrogen) atoms. The fraction of sp³-hybridized carbons (Fsp3) is 0.900. The molecule has 0 saturated heterocycles. The van der Waals surface area contributed by atoms with Crippen LogP contribution in [0.25, 0.3) is 0 Å². The number of carbonyl (C=O) groups is 1. The van der Waals surface area contributed by atoms with Crippen LogP contribution in [0, 0.1) is 0 Å². The topological polar surface area (TPSA) is 37.3 Å². The van der Waals surface area contributed by atoms with Gasteiger partial charge in [0.1, 0.15) is 4.83 Å². The number of rotatable bonds is 8. The van der Waals surface area contributed by atoms with E-state index >= 15 is 0 Å². The Balaban J connectivity index is -0.000000720. The summed E-state index contributed by atoms with van der Waals surface area (Å²) in [6.45, 7) is 2.19. The van der Waals surface area contributed by atoms with E-state index in [1.165, 1.54) is 25.7 Å². The first-order chi connectivity index (χ1) is 6.18. The van der Waals surface area contributed by atoms with Gasteiger partial charge in [0.2, 0.25) is 0 Å². The summed E-state index contributed by atoms with van der Waals surface area (Å²) in [7, 11) is 0. The van der Waals surface area contributed by atoms with Gasteiger partial charge in [-0.05, 0) is 6.42 Å². The molecule has 0 radical (unpaired) electrons. The van der Waals surface area contributed by atoms with E-state index in [-0.39, 0.29) is 35.8 Å². The first kappa shape index (κ1) is 17.3. The number of carboxylic acid groups (broad SMARTS) is 1. The third kappa shape index (κ3) is 11.0. The van der Waals surface area contributed by atoms with Crippen molar-refractivity contribution < 1.29 is 40.9 Å². The van der Waals surface area contributed by atoms with E-state index in [1.807, 2.05) is 0 Å². The van der Waals surface area contributed by atoms with E-state index in [2.05, 4.69) is 22.9 Å². The number of halogens is 1. The van der Waals surface area contributed by atoms with Crippen molar-refractivity contribution >= 4 is 21.9 Å². The average molecular weight is 275 g/mol. The maximum absolute atomic E-state index is 10.4. The molecule has 0 aromatic rings. The van der Waals surface area contributed by atoms with Gasteiger partial charge in [-0.3, -0.25) is 4.79 Å². The van der Waals surface area contributed by atoms with Crippen LogP contribution in [0.2, 0.25) is 0 Å². The van der Waals surface area contributed by atoms with Gasteiger partial charge in [0.25, 0.3) is 0 Å². The van der Waals surface area contributed by atoms with Crippen LogP contribution >= 0.6 is 15.9 Å². The van der Waals surface area contributed by atoms with Crippen molar-refractivity contribution in [3.8, 4) is 0 Å². The zero-order chi connectivity index (χ0) is 10.1. The minimum atomic E-state index is -0.742. The van der Waals surface area contributed by atoms with Gasteiger partial charge in [-0.1, -0.05) is 61.4 Å². The molecule has 0 fully saturated rings. The third-order valence-corrected chi connectivity index (χ3v) is 2.93. The molecule has 4 heteroatoms. The summed E-state index contributed by atoms with van der Waals surface area (Å²) >= 11 is 3.13. The van der Waals surface area contributed by atoms with Gasteiger partial charge in [0.15, 0.2) is 0 Å². The standard InChI is InChI=1S/C10H19BrO2.Na.H/c1-2-3-4-5-6-7-8-9(11)10(12)13;;/h9H,2-8H2,1H3,(H,12,13);;/q;+1;-1. The van der Waals surface area contributed by atoms with Crippen molar-refractivity contribution in [1.82, 2.24) is 0 Å². The quantitative estimate of drug-likeness (QED) is 0.402. The van der Waals surface area contributed by atoms with Crippen LogP contribution in [0.15, 0.2) is 0 Å². The van der Waals surface area contributed by atoms with Crippen molar-refractivity contribution in [2.45, 2.75) is 56.7 Å². The average Bonchev–Trinajstić information content (AvgIpc) is 2.10. The summed E-state index contributed by atoms with van der Waals surface area (Å²) in [5.74, 6) is -0.742. The molecular formula is C10H20BrNaO2. The van der Waals surface area contributed by atoms with E-state index in [0.29, 0.717) is 0 Å². The molecule has 0 aromatic carbocycles. The predicted octanol–water partition coefficient (Wildman–Crippen LogP) is 0.702. The molecule has 1 atom stereocenters. The van der Waals surface area contributed by atoms with E-state index in [1.54, 1.807) is 0 Å². The molecule has 0 saturated carbocycles. The fourth-order valence-electron chi connectivity index (χ4n) is 1.23. The number of hydrogen-bond acceptors (Lipinski definition) is 1. The maximum Gasteiger partial charge on any atom is 1.00 e. The molecule has 0 spiro atoms. The molecule has 0 aromatic heterocycles. The summed E-state index contributed by atoms with van der Waals surface area (Å²) < 4.78 is 0. The monoisotopic (exact) mass is 274 g/mol. The first-order valence-electron chi connectivity index (χ1n) is 5.05. The Morgan fingerprint density at radius 2 is 1.79 bits per heavy atom. The predicted molar refractivity (Wildman–Crippen MR) is 59.5 cm³/mol. The van der Waals surface area contributed by atoms with Gasteiger partial charge in [-0.2, -0.15) is 0 Å². The molecular weight excluding hydrogens is 255 g/mol. The molecule has 0 heterocycles. The largest absolute Gasteiger partial charge is 1.00 e. The second-order valence-corrected chi connectivity index (χ2v) is 4.47. The molecule has 0 aliphatic rings. The van der Waals surface area contributed by atoms with Crippen LogP contribution in [0.4, 0.5) is 0 Å². The Morgan fingerprint density at radius 3 is 2.29 bits per heavy atom. The second-order valence-electron chi connectivity index (χ2n) is 3.36. The molecule has 1 N–H and O–H groups in total. The number of aliphatic carboxylic acids is 1. The normalized spacial score (nSPS) is 11.9. The molecule has 0 amide bonds. The van der Waals surface area contributed by atoms with Crippen LogP contribution < -0.4 is 29.6 Å². The molecule has 0 rings (SSSR count). The number of unbranched alkanes of at least 4 members (excludes halogenated alkanes) is 5. The molecule has 0 aliphatic heterocycles. The van der Waals surface area contributed by atoms with Crippen molar-refractivity contribution in [2.75, 3.05) is 0 Å². The van der Waals surface area contributed by atoms with Crippen LogP contribution in [0.1, 0.15) is 53.3 Å². The fourth-order valence-corrected chi connectivity index (χ4v) is 1.55. The third-order valence-electron chi connectivity index (χ3n) is 2.08. The van der Waals surface area contributed by atoms with Crippen molar-refractivity contribution in [1.29, 1.82) is 0 Å². The number of alkyl halides is 1. The Labute approximate surface area is 119 Å². The minimum Gasteiger partial charge on any atom is -1.00 e. The Bertz CT molecular complexity index is 147. The summed E-state index contributed by atoms with van der Waals surface area (Å²) in [5, 5.41) is 8.58. The van der Waals surface area contributed by atoms with Gasteiger partial charge in [-0.25, -0.2) is 0 Å². The van der Waals surface area contributed by atoms with Gasteiger partial charge in [0.05, 0.1) is 0 Å². The Hall–Kier alpha value is 0.950. The van der Waals surface area contributed by atoms with Crippen molar-refractivity contribution in [2.24, 2.45) is 0 Å². The maximum atomic E-state index is 10.4. The molecule has 0 aliphatic carbocycles. The van der Waals surface area contributed by atoms with Crippen molar-refractivity contribution in [3.05, 3.63) is 0 Å². The zero-order valence-electron chi connectivity index (χ0n) is 10.3. The molecule has 0 bridgehead atoms. The van der Waals surface area contributed by atoms with E-state index < -0.39 is 5.97 Å². The van der Waals surface area contributed by atoms with Crippen molar-refractivity contribution in [3.63, 3.8) is 0 Å². The summed E-state index contributed by atoms with van der Waals surface area (Å²) in [4.78, 5) is 10.1. The summed E-state index contributed by atoms with van der Waals surface area (Å²) in [5.41, 5.74) is 0. The zero-order valence-corrected chi connectivity index (χ0v) is 12.8. The van der Waals surface area contributed by atoms with Gasteiger partial charge >= 0.3 is 35.5 Å². The van der Waals surface area contributed by atoms with Crippen LogP contribution in [-0.2, 0) is 4.79 Å².